The number of aliphatic hydroxyl groups is 1. The standard InChI is InChI=1S/C14H29NO3S/c1-4-13-5-8-14(16,9-6-13)11-15-19(17,18)10-7-12(2)3/h12-13,15-16H,4-11H2,1-3H3. The van der Waals surface area contributed by atoms with Crippen LogP contribution in [0, 0.1) is 11.8 Å². The first-order chi connectivity index (χ1) is 8.76. The van der Waals surface area contributed by atoms with Crippen molar-refractivity contribution >= 4 is 10.0 Å². The van der Waals surface area contributed by atoms with Gasteiger partial charge in [0.2, 0.25) is 10.0 Å². The maximum absolute atomic E-state index is 11.8. The van der Waals surface area contributed by atoms with E-state index in [1.54, 1.807) is 0 Å². The molecule has 1 aliphatic carbocycles. The van der Waals surface area contributed by atoms with Crippen LogP contribution in [-0.2, 0) is 10.0 Å². The fraction of sp³-hybridized carbons (Fsp3) is 1.00. The molecule has 0 bridgehead atoms. The Balaban J connectivity index is 2.39. The van der Waals surface area contributed by atoms with Crippen LogP contribution in [0.4, 0.5) is 0 Å². The van der Waals surface area contributed by atoms with E-state index in [2.05, 4.69) is 11.6 Å². The highest BCUT2D eigenvalue weighted by Crippen LogP contribution is 2.33. The summed E-state index contributed by atoms with van der Waals surface area (Å²) in [5, 5.41) is 10.4. The summed E-state index contributed by atoms with van der Waals surface area (Å²) >= 11 is 0. The smallest absolute Gasteiger partial charge is 0.211 e. The van der Waals surface area contributed by atoms with E-state index in [4.69, 9.17) is 0 Å². The second-order valence-corrected chi connectivity index (χ2v) is 8.32. The predicted molar refractivity (Wildman–Crippen MR) is 78.4 cm³/mol. The molecule has 5 heteroatoms. The summed E-state index contributed by atoms with van der Waals surface area (Å²) in [7, 11) is -3.24. The molecular formula is C14H29NO3S. The largest absolute Gasteiger partial charge is 0.389 e. The molecule has 0 saturated heterocycles. The molecule has 0 heterocycles. The summed E-state index contributed by atoms with van der Waals surface area (Å²) in [6.45, 7) is 6.36. The zero-order valence-corrected chi connectivity index (χ0v) is 13.3. The van der Waals surface area contributed by atoms with Crippen molar-refractivity contribution in [2.45, 2.75) is 64.9 Å². The van der Waals surface area contributed by atoms with Crippen molar-refractivity contribution in [3.8, 4) is 0 Å². The Labute approximate surface area is 118 Å². The van der Waals surface area contributed by atoms with Gasteiger partial charge in [0, 0.05) is 6.54 Å². The lowest BCUT2D eigenvalue weighted by atomic mass is 9.78. The zero-order valence-electron chi connectivity index (χ0n) is 12.5. The fourth-order valence-electron chi connectivity index (χ4n) is 2.51. The lowest BCUT2D eigenvalue weighted by molar-refractivity contribution is -0.00442. The third-order valence-electron chi connectivity index (χ3n) is 4.20. The van der Waals surface area contributed by atoms with Gasteiger partial charge in [-0.1, -0.05) is 27.2 Å². The Hall–Kier alpha value is -0.130. The number of sulfonamides is 1. The lowest BCUT2D eigenvalue weighted by Crippen LogP contribution is -2.45. The van der Waals surface area contributed by atoms with Gasteiger partial charge in [0.15, 0.2) is 0 Å². The molecule has 2 N–H and O–H groups in total. The minimum Gasteiger partial charge on any atom is -0.389 e. The average Bonchev–Trinajstić information content (AvgIpc) is 2.36. The highest BCUT2D eigenvalue weighted by molar-refractivity contribution is 7.89. The molecule has 4 nitrogen and oxygen atoms in total. The van der Waals surface area contributed by atoms with Gasteiger partial charge in [-0.2, -0.15) is 0 Å². The van der Waals surface area contributed by atoms with E-state index in [1.165, 1.54) is 0 Å². The molecule has 0 unspecified atom stereocenters. The van der Waals surface area contributed by atoms with Crippen molar-refractivity contribution in [3.05, 3.63) is 0 Å². The fourth-order valence-corrected chi connectivity index (χ4v) is 3.92. The Morgan fingerprint density at radius 2 is 1.89 bits per heavy atom. The van der Waals surface area contributed by atoms with Gasteiger partial charge < -0.3 is 5.11 Å². The van der Waals surface area contributed by atoms with Crippen molar-refractivity contribution in [1.82, 2.24) is 4.72 Å². The summed E-state index contributed by atoms with van der Waals surface area (Å²) in [5.74, 6) is 1.22. The molecule has 0 radical (unpaired) electrons. The van der Waals surface area contributed by atoms with Gasteiger partial charge in [-0.3, -0.25) is 0 Å². The molecule has 0 aromatic heterocycles. The van der Waals surface area contributed by atoms with E-state index in [1.807, 2.05) is 13.8 Å². The molecule has 1 saturated carbocycles. The van der Waals surface area contributed by atoms with Gasteiger partial charge >= 0.3 is 0 Å². The minimum atomic E-state index is -3.24. The summed E-state index contributed by atoms with van der Waals surface area (Å²) in [4.78, 5) is 0. The molecule has 0 spiro atoms. The number of hydrogen-bond acceptors (Lipinski definition) is 3. The van der Waals surface area contributed by atoms with E-state index in [-0.39, 0.29) is 12.3 Å². The van der Waals surface area contributed by atoms with Crippen molar-refractivity contribution < 1.29 is 13.5 Å². The van der Waals surface area contributed by atoms with Crippen LogP contribution < -0.4 is 4.72 Å². The van der Waals surface area contributed by atoms with Crippen LogP contribution in [0.5, 0.6) is 0 Å². The molecule has 1 rings (SSSR count). The second kappa shape index (κ2) is 7.04. The van der Waals surface area contributed by atoms with Crippen molar-refractivity contribution in [1.29, 1.82) is 0 Å². The van der Waals surface area contributed by atoms with Crippen LogP contribution in [0.1, 0.15) is 59.3 Å². The zero-order chi connectivity index (χ0) is 14.5. The molecule has 0 aliphatic heterocycles. The lowest BCUT2D eigenvalue weighted by Gasteiger charge is -2.35. The molecule has 1 fully saturated rings. The topological polar surface area (TPSA) is 66.4 Å². The van der Waals surface area contributed by atoms with E-state index >= 15 is 0 Å². The molecule has 0 amide bonds. The van der Waals surface area contributed by atoms with Gasteiger partial charge in [0.25, 0.3) is 0 Å². The Morgan fingerprint density at radius 1 is 1.32 bits per heavy atom. The van der Waals surface area contributed by atoms with E-state index in [9.17, 15) is 13.5 Å². The first-order valence-electron chi connectivity index (χ1n) is 7.46. The van der Waals surface area contributed by atoms with Crippen LogP contribution in [-0.4, -0.2) is 31.4 Å². The molecule has 19 heavy (non-hydrogen) atoms. The summed E-state index contributed by atoms with van der Waals surface area (Å²) in [6.07, 6.45) is 5.22. The molecular weight excluding hydrogens is 262 g/mol. The maximum Gasteiger partial charge on any atom is 0.211 e. The molecule has 0 aromatic carbocycles. The molecule has 114 valence electrons. The van der Waals surface area contributed by atoms with Crippen molar-refractivity contribution in [2.24, 2.45) is 11.8 Å². The van der Waals surface area contributed by atoms with E-state index in [0.717, 1.165) is 19.3 Å². The summed E-state index contributed by atoms with van der Waals surface area (Å²) in [6, 6.07) is 0. The third-order valence-corrected chi connectivity index (χ3v) is 5.56. The molecule has 0 atom stereocenters. The van der Waals surface area contributed by atoms with Gasteiger partial charge in [-0.25, -0.2) is 13.1 Å². The van der Waals surface area contributed by atoms with E-state index < -0.39 is 15.6 Å². The number of rotatable bonds is 7. The monoisotopic (exact) mass is 291 g/mol. The van der Waals surface area contributed by atoms with Gasteiger partial charge in [0.05, 0.1) is 11.4 Å². The van der Waals surface area contributed by atoms with Crippen LogP contribution in [0.2, 0.25) is 0 Å². The summed E-state index contributed by atoms with van der Waals surface area (Å²) in [5.41, 5.74) is -0.837. The Kier molecular flexibility index (Phi) is 6.27. The first-order valence-corrected chi connectivity index (χ1v) is 9.11. The number of nitrogens with one attached hydrogen (secondary N) is 1. The van der Waals surface area contributed by atoms with Gasteiger partial charge in [-0.05, 0) is 43.9 Å². The van der Waals surface area contributed by atoms with E-state index in [0.29, 0.717) is 31.1 Å². The van der Waals surface area contributed by atoms with Crippen LogP contribution in [0.25, 0.3) is 0 Å². The normalized spacial score (nSPS) is 28.8. The minimum absolute atomic E-state index is 0.151. The highest BCUT2D eigenvalue weighted by Gasteiger charge is 2.33. The quantitative estimate of drug-likeness (QED) is 0.756. The first kappa shape index (κ1) is 16.9. The van der Waals surface area contributed by atoms with Gasteiger partial charge in [0.1, 0.15) is 0 Å². The van der Waals surface area contributed by atoms with Crippen LogP contribution >= 0.6 is 0 Å². The molecule has 0 aromatic rings. The second-order valence-electron chi connectivity index (χ2n) is 6.40. The predicted octanol–water partition coefficient (Wildman–Crippen LogP) is 2.28. The number of hydrogen-bond donors (Lipinski definition) is 2. The van der Waals surface area contributed by atoms with Crippen molar-refractivity contribution in [2.75, 3.05) is 12.3 Å². The highest BCUT2D eigenvalue weighted by atomic mass is 32.2. The van der Waals surface area contributed by atoms with Crippen LogP contribution in [0.15, 0.2) is 0 Å². The Morgan fingerprint density at radius 3 is 2.37 bits per heavy atom. The van der Waals surface area contributed by atoms with Crippen molar-refractivity contribution in [3.63, 3.8) is 0 Å². The SMILES string of the molecule is CCC1CCC(O)(CNS(=O)(=O)CCC(C)C)CC1. The summed E-state index contributed by atoms with van der Waals surface area (Å²) < 4.78 is 26.2. The third kappa shape index (κ3) is 6.23. The van der Waals surface area contributed by atoms with Gasteiger partial charge in [-0.15, -0.1) is 0 Å². The van der Waals surface area contributed by atoms with Crippen LogP contribution in [0.3, 0.4) is 0 Å². The molecule has 1 aliphatic rings. The Bertz CT molecular complexity index is 357. The maximum atomic E-state index is 11.8. The average molecular weight is 291 g/mol.